The lowest BCUT2D eigenvalue weighted by Gasteiger charge is -2.35. The molecule has 0 aliphatic heterocycles. The molecule has 0 radical (unpaired) electrons. The van der Waals surface area contributed by atoms with Crippen LogP contribution in [0.3, 0.4) is 0 Å². The van der Waals surface area contributed by atoms with Crippen molar-refractivity contribution in [1.29, 1.82) is 0 Å². The largest absolute Gasteiger partial charge is 0.469 e. The van der Waals surface area contributed by atoms with E-state index in [2.05, 4.69) is 19.1 Å². The van der Waals surface area contributed by atoms with Crippen molar-refractivity contribution in [2.45, 2.75) is 25.7 Å². The first kappa shape index (κ1) is 10.2. The van der Waals surface area contributed by atoms with Crippen LogP contribution in [0.25, 0.3) is 0 Å². The number of carbonyl (C=O) groups is 1. The van der Waals surface area contributed by atoms with Crippen LogP contribution < -0.4 is 0 Å². The standard InChI is InChI=1S/C13H16O2/c1-9-5-3-4-6-10(9)11-7-8-12(11)13(14)15-2/h3-6,11-12H,7-8H2,1-2H3. The monoisotopic (exact) mass is 204 g/mol. The van der Waals surface area contributed by atoms with Gasteiger partial charge >= 0.3 is 5.97 Å². The molecule has 2 unspecified atom stereocenters. The van der Waals surface area contributed by atoms with Gasteiger partial charge < -0.3 is 4.74 Å². The van der Waals surface area contributed by atoms with E-state index < -0.39 is 0 Å². The van der Waals surface area contributed by atoms with Crippen LogP contribution in [0.1, 0.15) is 29.9 Å². The minimum Gasteiger partial charge on any atom is -0.469 e. The Morgan fingerprint density at radius 3 is 2.60 bits per heavy atom. The van der Waals surface area contributed by atoms with Gasteiger partial charge in [0.05, 0.1) is 13.0 Å². The highest BCUT2D eigenvalue weighted by molar-refractivity contribution is 5.75. The normalized spacial score (nSPS) is 24.4. The van der Waals surface area contributed by atoms with Crippen LogP contribution in [0.4, 0.5) is 0 Å². The average molecular weight is 204 g/mol. The molecule has 0 heterocycles. The molecule has 1 aromatic rings. The Kier molecular flexibility index (Phi) is 2.76. The summed E-state index contributed by atoms with van der Waals surface area (Å²) in [5.41, 5.74) is 2.58. The topological polar surface area (TPSA) is 26.3 Å². The molecule has 0 aromatic heterocycles. The molecule has 2 atom stereocenters. The van der Waals surface area contributed by atoms with Crippen molar-refractivity contribution in [1.82, 2.24) is 0 Å². The molecule has 2 heteroatoms. The van der Waals surface area contributed by atoms with E-state index in [1.807, 2.05) is 12.1 Å². The van der Waals surface area contributed by atoms with Gasteiger partial charge in [0.25, 0.3) is 0 Å². The summed E-state index contributed by atoms with van der Waals surface area (Å²) in [5, 5.41) is 0. The summed E-state index contributed by atoms with van der Waals surface area (Å²) in [6, 6.07) is 8.29. The first-order chi connectivity index (χ1) is 7.24. The minimum atomic E-state index is -0.0606. The summed E-state index contributed by atoms with van der Waals surface area (Å²) < 4.78 is 4.81. The highest BCUT2D eigenvalue weighted by atomic mass is 16.5. The average Bonchev–Trinajstić information content (AvgIpc) is 2.19. The second kappa shape index (κ2) is 4.05. The Morgan fingerprint density at radius 1 is 1.33 bits per heavy atom. The van der Waals surface area contributed by atoms with E-state index >= 15 is 0 Å². The molecular formula is C13H16O2. The molecule has 1 aliphatic rings. The Balaban J connectivity index is 2.19. The second-order valence-corrected chi connectivity index (χ2v) is 4.17. The number of rotatable bonds is 2. The SMILES string of the molecule is COC(=O)C1CCC1c1ccccc1C. The van der Waals surface area contributed by atoms with Gasteiger partial charge in [-0.1, -0.05) is 24.3 Å². The quantitative estimate of drug-likeness (QED) is 0.692. The molecule has 80 valence electrons. The molecule has 2 nitrogen and oxygen atoms in total. The molecule has 0 spiro atoms. The van der Waals surface area contributed by atoms with E-state index in [0.29, 0.717) is 5.92 Å². The van der Waals surface area contributed by atoms with Crippen molar-refractivity contribution in [2.75, 3.05) is 7.11 Å². The van der Waals surface area contributed by atoms with Crippen molar-refractivity contribution >= 4 is 5.97 Å². The van der Waals surface area contributed by atoms with Gasteiger partial charge in [-0.3, -0.25) is 4.79 Å². The van der Waals surface area contributed by atoms with Crippen LogP contribution in [0, 0.1) is 12.8 Å². The molecule has 1 aromatic carbocycles. The van der Waals surface area contributed by atoms with E-state index in [4.69, 9.17) is 4.74 Å². The molecule has 0 saturated heterocycles. The molecule has 2 rings (SSSR count). The van der Waals surface area contributed by atoms with Crippen LogP contribution >= 0.6 is 0 Å². The van der Waals surface area contributed by atoms with Gasteiger partial charge in [-0.25, -0.2) is 0 Å². The zero-order valence-corrected chi connectivity index (χ0v) is 9.19. The van der Waals surface area contributed by atoms with Crippen molar-refractivity contribution < 1.29 is 9.53 Å². The van der Waals surface area contributed by atoms with Crippen LogP contribution in [0.2, 0.25) is 0 Å². The number of esters is 1. The maximum atomic E-state index is 11.5. The zero-order chi connectivity index (χ0) is 10.8. The summed E-state index contributed by atoms with van der Waals surface area (Å²) in [7, 11) is 1.47. The fourth-order valence-electron chi connectivity index (χ4n) is 2.31. The number of ether oxygens (including phenoxy) is 1. The molecule has 0 amide bonds. The first-order valence-electron chi connectivity index (χ1n) is 5.37. The third kappa shape index (κ3) is 1.76. The molecule has 1 aliphatic carbocycles. The number of methoxy groups -OCH3 is 1. The third-order valence-corrected chi connectivity index (χ3v) is 3.37. The van der Waals surface area contributed by atoms with E-state index in [1.54, 1.807) is 0 Å². The Hall–Kier alpha value is -1.31. The lowest BCUT2D eigenvalue weighted by molar-refractivity contribution is -0.149. The fourth-order valence-corrected chi connectivity index (χ4v) is 2.31. The maximum Gasteiger partial charge on any atom is 0.309 e. The van der Waals surface area contributed by atoms with Crippen LogP contribution in [-0.2, 0) is 9.53 Å². The highest BCUT2D eigenvalue weighted by Crippen LogP contribution is 2.44. The maximum absolute atomic E-state index is 11.5. The Morgan fingerprint density at radius 2 is 2.07 bits per heavy atom. The minimum absolute atomic E-state index is 0.0606. The van der Waals surface area contributed by atoms with Crippen LogP contribution in [0.5, 0.6) is 0 Å². The van der Waals surface area contributed by atoms with E-state index in [0.717, 1.165) is 12.8 Å². The fraction of sp³-hybridized carbons (Fsp3) is 0.462. The predicted octanol–water partition coefficient (Wildman–Crippen LogP) is 2.66. The number of hydrogen-bond acceptors (Lipinski definition) is 2. The number of hydrogen-bond donors (Lipinski definition) is 0. The summed E-state index contributed by atoms with van der Waals surface area (Å²) >= 11 is 0. The van der Waals surface area contributed by atoms with Gasteiger partial charge in [0.2, 0.25) is 0 Å². The zero-order valence-electron chi connectivity index (χ0n) is 9.19. The first-order valence-corrected chi connectivity index (χ1v) is 5.37. The van der Waals surface area contributed by atoms with Gasteiger partial charge in [-0.05, 0) is 36.8 Å². The summed E-state index contributed by atoms with van der Waals surface area (Å²) in [5.74, 6) is 0.393. The van der Waals surface area contributed by atoms with Crippen molar-refractivity contribution in [3.8, 4) is 0 Å². The Labute approximate surface area is 90.3 Å². The molecule has 15 heavy (non-hydrogen) atoms. The highest BCUT2D eigenvalue weighted by Gasteiger charge is 2.38. The number of benzene rings is 1. The predicted molar refractivity (Wildman–Crippen MR) is 58.7 cm³/mol. The second-order valence-electron chi connectivity index (χ2n) is 4.17. The molecular weight excluding hydrogens is 188 g/mol. The molecule has 1 fully saturated rings. The van der Waals surface area contributed by atoms with Gasteiger partial charge in [0, 0.05) is 0 Å². The number of aryl methyl sites for hydroxylation is 1. The van der Waals surface area contributed by atoms with Crippen molar-refractivity contribution in [3.63, 3.8) is 0 Å². The van der Waals surface area contributed by atoms with Gasteiger partial charge in [0.1, 0.15) is 0 Å². The van der Waals surface area contributed by atoms with Gasteiger partial charge in [-0.2, -0.15) is 0 Å². The summed E-state index contributed by atoms with van der Waals surface area (Å²) in [6.07, 6.45) is 2.07. The van der Waals surface area contributed by atoms with Crippen molar-refractivity contribution in [2.24, 2.45) is 5.92 Å². The lowest BCUT2D eigenvalue weighted by Crippen LogP contribution is -2.32. The summed E-state index contributed by atoms with van der Waals surface area (Å²) in [6.45, 7) is 2.10. The lowest BCUT2D eigenvalue weighted by atomic mass is 9.69. The Bertz CT molecular complexity index is 371. The summed E-state index contributed by atoms with van der Waals surface area (Å²) in [4.78, 5) is 11.5. The molecule has 0 N–H and O–H groups in total. The van der Waals surface area contributed by atoms with Gasteiger partial charge in [-0.15, -0.1) is 0 Å². The smallest absolute Gasteiger partial charge is 0.309 e. The third-order valence-electron chi connectivity index (χ3n) is 3.37. The molecule has 0 bridgehead atoms. The van der Waals surface area contributed by atoms with Crippen LogP contribution in [-0.4, -0.2) is 13.1 Å². The van der Waals surface area contributed by atoms with Gasteiger partial charge in [0.15, 0.2) is 0 Å². The van der Waals surface area contributed by atoms with E-state index in [9.17, 15) is 4.79 Å². The van der Waals surface area contributed by atoms with E-state index in [1.165, 1.54) is 18.2 Å². The van der Waals surface area contributed by atoms with Crippen LogP contribution in [0.15, 0.2) is 24.3 Å². The molecule has 1 saturated carbocycles. The van der Waals surface area contributed by atoms with Crippen molar-refractivity contribution in [3.05, 3.63) is 35.4 Å². The number of carbonyl (C=O) groups excluding carboxylic acids is 1. The van der Waals surface area contributed by atoms with E-state index in [-0.39, 0.29) is 11.9 Å².